The van der Waals surface area contributed by atoms with Crippen molar-refractivity contribution >= 4 is 0 Å². The second kappa shape index (κ2) is 7.13. The van der Waals surface area contributed by atoms with Crippen LogP contribution in [0.2, 0.25) is 0 Å². The molecule has 0 fully saturated rings. The van der Waals surface area contributed by atoms with E-state index in [2.05, 4.69) is 10.4 Å². The topological polar surface area (TPSA) is 50.1 Å². The third kappa shape index (κ3) is 4.10. The third-order valence-electron chi connectivity index (χ3n) is 3.97. The number of aromatic nitrogens is 2. The molecule has 0 saturated heterocycles. The minimum atomic E-state index is -1.45. The average Bonchev–Trinajstić information content (AvgIpc) is 3.04. The Labute approximate surface area is 144 Å². The average molecular weight is 343 g/mol. The lowest BCUT2D eigenvalue weighted by molar-refractivity contribution is 0.0528. The molecule has 0 aliphatic carbocycles. The molecular weight excluding hydrogens is 324 g/mol. The minimum Gasteiger partial charge on any atom is -0.384 e. The number of hydrogen-bond acceptors (Lipinski definition) is 3. The number of hydrogen-bond donors (Lipinski definition) is 2. The molecule has 130 valence electrons. The molecule has 4 nitrogen and oxygen atoms in total. The van der Waals surface area contributed by atoms with Crippen LogP contribution in [0.3, 0.4) is 0 Å². The van der Waals surface area contributed by atoms with Crippen molar-refractivity contribution in [1.82, 2.24) is 15.1 Å². The van der Waals surface area contributed by atoms with Gasteiger partial charge < -0.3 is 10.4 Å². The molecule has 1 aromatic heterocycles. The Bertz CT molecular complexity index is 847. The smallest absolute Gasteiger partial charge is 0.132 e. The van der Waals surface area contributed by atoms with Crippen LogP contribution in [0.1, 0.15) is 18.1 Å². The zero-order chi connectivity index (χ0) is 17.9. The molecule has 1 heterocycles. The Morgan fingerprint density at radius 2 is 1.92 bits per heavy atom. The Hall–Kier alpha value is -2.57. The highest BCUT2D eigenvalue weighted by Gasteiger charge is 2.26. The molecule has 0 bridgehead atoms. The van der Waals surface area contributed by atoms with E-state index < -0.39 is 17.2 Å². The van der Waals surface area contributed by atoms with E-state index >= 15 is 0 Å². The fourth-order valence-electron chi connectivity index (χ4n) is 2.65. The number of rotatable bonds is 6. The van der Waals surface area contributed by atoms with Crippen molar-refractivity contribution in [2.24, 2.45) is 0 Å². The van der Waals surface area contributed by atoms with E-state index in [0.29, 0.717) is 6.54 Å². The van der Waals surface area contributed by atoms with Gasteiger partial charge in [0.15, 0.2) is 0 Å². The number of nitrogens with zero attached hydrogens (tertiary/aromatic N) is 2. The van der Waals surface area contributed by atoms with Crippen LogP contribution in [0.4, 0.5) is 8.78 Å². The van der Waals surface area contributed by atoms with Gasteiger partial charge in [-0.3, -0.25) is 0 Å². The van der Waals surface area contributed by atoms with Gasteiger partial charge in [-0.05, 0) is 25.1 Å². The maximum atomic E-state index is 13.8. The summed E-state index contributed by atoms with van der Waals surface area (Å²) in [6.45, 7) is 2.07. The lowest BCUT2D eigenvalue weighted by atomic mass is 9.95. The Morgan fingerprint density at radius 1 is 1.16 bits per heavy atom. The van der Waals surface area contributed by atoms with E-state index in [1.54, 1.807) is 10.9 Å². The molecule has 2 N–H and O–H groups in total. The highest BCUT2D eigenvalue weighted by Crippen LogP contribution is 2.23. The highest BCUT2D eigenvalue weighted by atomic mass is 19.1. The molecule has 25 heavy (non-hydrogen) atoms. The van der Waals surface area contributed by atoms with Crippen molar-refractivity contribution in [3.05, 3.63) is 83.7 Å². The molecule has 0 saturated carbocycles. The molecule has 1 unspecified atom stereocenters. The first kappa shape index (κ1) is 17.3. The first-order valence-corrected chi connectivity index (χ1v) is 7.93. The summed E-state index contributed by atoms with van der Waals surface area (Å²) in [5.74, 6) is -1.43. The summed E-state index contributed by atoms with van der Waals surface area (Å²) in [6.07, 6.45) is 3.61. The van der Waals surface area contributed by atoms with Crippen LogP contribution in [-0.2, 0) is 12.1 Å². The molecule has 1 atom stereocenters. The van der Waals surface area contributed by atoms with Gasteiger partial charge in [-0.15, -0.1) is 0 Å². The summed E-state index contributed by atoms with van der Waals surface area (Å²) in [5.41, 5.74) is 0.488. The van der Waals surface area contributed by atoms with Crippen molar-refractivity contribution in [2.45, 2.75) is 19.1 Å². The van der Waals surface area contributed by atoms with Gasteiger partial charge in [-0.25, -0.2) is 13.5 Å². The molecule has 0 amide bonds. The molecule has 0 radical (unpaired) electrons. The van der Waals surface area contributed by atoms with Crippen LogP contribution in [0.15, 0.2) is 60.9 Å². The van der Waals surface area contributed by atoms with Crippen LogP contribution < -0.4 is 5.32 Å². The Morgan fingerprint density at radius 3 is 2.64 bits per heavy atom. The molecule has 6 heteroatoms. The molecule has 3 aromatic rings. The first-order chi connectivity index (χ1) is 12.0. The van der Waals surface area contributed by atoms with Crippen LogP contribution in [0.25, 0.3) is 5.69 Å². The lowest BCUT2D eigenvalue weighted by Gasteiger charge is -2.24. The first-order valence-electron chi connectivity index (χ1n) is 7.93. The monoisotopic (exact) mass is 343 g/mol. The van der Waals surface area contributed by atoms with E-state index in [-0.39, 0.29) is 12.1 Å². The fraction of sp³-hybridized carbons (Fsp3) is 0.211. The SMILES string of the molecule is CC(O)(CNCc1cnn(-c2ccccc2)c1)c1ccc(F)cc1F. The number of benzene rings is 2. The van der Waals surface area contributed by atoms with Crippen molar-refractivity contribution in [2.75, 3.05) is 6.54 Å². The van der Waals surface area contributed by atoms with Crippen LogP contribution in [-0.4, -0.2) is 21.4 Å². The van der Waals surface area contributed by atoms with E-state index in [1.165, 1.54) is 13.0 Å². The zero-order valence-corrected chi connectivity index (χ0v) is 13.8. The zero-order valence-electron chi connectivity index (χ0n) is 13.8. The number of para-hydroxylation sites is 1. The van der Waals surface area contributed by atoms with Crippen LogP contribution >= 0.6 is 0 Å². The Kier molecular flexibility index (Phi) is 4.92. The quantitative estimate of drug-likeness (QED) is 0.723. The Balaban J connectivity index is 1.62. The van der Waals surface area contributed by atoms with Gasteiger partial charge in [0, 0.05) is 36.5 Å². The van der Waals surface area contributed by atoms with Gasteiger partial charge in [0.2, 0.25) is 0 Å². The normalized spacial score (nSPS) is 13.6. The number of nitrogens with one attached hydrogen (secondary N) is 1. The standard InChI is InChI=1S/C19H19F2N3O/c1-19(25,17-8-7-15(20)9-18(17)21)13-22-10-14-11-23-24(12-14)16-5-3-2-4-6-16/h2-9,11-12,22,25H,10,13H2,1H3. The summed E-state index contributed by atoms with van der Waals surface area (Å²) in [7, 11) is 0. The second-order valence-electron chi connectivity index (χ2n) is 6.13. The molecule has 0 spiro atoms. The minimum absolute atomic E-state index is 0.0568. The lowest BCUT2D eigenvalue weighted by Crippen LogP contribution is -2.35. The van der Waals surface area contributed by atoms with Crippen molar-refractivity contribution in [1.29, 1.82) is 0 Å². The predicted octanol–water partition coefficient (Wildman–Crippen LogP) is 3.15. The summed E-state index contributed by atoms with van der Waals surface area (Å²) < 4.78 is 28.6. The van der Waals surface area contributed by atoms with Crippen LogP contribution in [0, 0.1) is 11.6 Å². The van der Waals surface area contributed by atoms with Gasteiger partial charge in [-0.2, -0.15) is 5.10 Å². The summed E-state index contributed by atoms with van der Waals surface area (Å²) in [4.78, 5) is 0. The van der Waals surface area contributed by atoms with Gasteiger partial charge in [0.05, 0.1) is 11.9 Å². The van der Waals surface area contributed by atoms with Gasteiger partial charge in [0.1, 0.15) is 17.2 Å². The van der Waals surface area contributed by atoms with Gasteiger partial charge in [0.25, 0.3) is 0 Å². The van der Waals surface area contributed by atoms with Crippen molar-refractivity contribution < 1.29 is 13.9 Å². The molecule has 0 aliphatic rings. The maximum absolute atomic E-state index is 13.8. The maximum Gasteiger partial charge on any atom is 0.132 e. The predicted molar refractivity (Wildman–Crippen MR) is 91.2 cm³/mol. The van der Waals surface area contributed by atoms with Crippen LogP contribution in [0.5, 0.6) is 0 Å². The summed E-state index contributed by atoms with van der Waals surface area (Å²) in [6, 6.07) is 12.9. The van der Waals surface area contributed by atoms with E-state index in [1.807, 2.05) is 36.5 Å². The molecule has 0 aliphatic heterocycles. The highest BCUT2D eigenvalue weighted by molar-refractivity contribution is 5.31. The van der Waals surface area contributed by atoms with Crippen molar-refractivity contribution in [3.8, 4) is 5.69 Å². The number of halogens is 2. The van der Waals surface area contributed by atoms with Gasteiger partial charge >= 0.3 is 0 Å². The van der Waals surface area contributed by atoms with Gasteiger partial charge in [-0.1, -0.05) is 24.3 Å². The molecule has 2 aromatic carbocycles. The number of aliphatic hydroxyl groups is 1. The largest absolute Gasteiger partial charge is 0.384 e. The fourth-order valence-corrected chi connectivity index (χ4v) is 2.65. The van der Waals surface area contributed by atoms with E-state index in [9.17, 15) is 13.9 Å². The van der Waals surface area contributed by atoms with E-state index in [0.717, 1.165) is 23.4 Å². The third-order valence-corrected chi connectivity index (χ3v) is 3.97. The summed E-state index contributed by atoms with van der Waals surface area (Å²) >= 11 is 0. The second-order valence-corrected chi connectivity index (χ2v) is 6.13. The molecule has 3 rings (SSSR count). The molecular formula is C19H19F2N3O. The van der Waals surface area contributed by atoms with E-state index in [4.69, 9.17) is 0 Å². The summed E-state index contributed by atoms with van der Waals surface area (Å²) in [5, 5.41) is 17.9. The van der Waals surface area contributed by atoms with Crippen molar-refractivity contribution in [3.63, 3.8) is 0 Å².